The summed E-state index contributed by atoms with van der Waals surface area (Å²) in [6, 6.07) is 13.7. The van der Waals surface area contributed by atoms with Crippen LogP contribution >= 0.6 is 0 Å². The second-order valence-electron chi connectivity index (χ2n) is 6.71. The van der Waals surface area contributed by atoms with Crippen LogP contribution in [0.25, 0.3) is 0 Å². The number of amides is 1. The van der Waals surface area contributed by atoms with E-state index in [-0.39, 0.29) is 17.5 Å². The van der Waals surface area contributed by atoms with Gasteiger partial charge in [-0.25, -0.2) is 4.39 Å². The topological polar surface area (TPSA) is 52.7 Å². The van der Waals surface area contributed by atoms with Crippen LogP contribution in [-0.2, 0) is 4.79 Å². The van der Waals surface area contributed by atoms with E-state index in [1.54, 1.807) is 36.4 Å². The molecule has 1 N–H and O–H groups in total. The first-order valence-corrected chi connectivity index (χ1v) is 9.15. The maximum atomic E-state index is 13.9. The highest BCUT2D eigenvalue weighted by atomic mass is 19.1. The number of anilines is 2. The Morgan fingerprint density at radius 3 is 2.30 bits per heavy atom. The van der Waals surface area contributed by atoms with Crippen LogP contribution in [0, 0.1) is 5.82 Å². The molecule has 1 aliphatic rings. The third-order valence-corrected chi connectivity index (χ3v) is 4.80. The highest BCUT2D eigenvalue weighted by molar-refractivity contribution is 5.95. The number of nitrogens with zero attached hydrogens (tertiary/aromatic N) is 2. The van der Waals surface area contributed by atoms with Crippen molar-refractivity contribution in [2.24, 2.45) is 0 Å². The summed E-state index contributed by atoms with van der Waals surface area (Å²) in [4.78, 5) is 27.7. The van der Waals surface area contributed by atoms with Gasteiger partial charge in [0.25, 0.3) is 0 Å². The lowest BCUT2D eigenvalue weighted by Gasteiger charge is -2.36. The van der Waals surface area contributed by atoms with Crippen molar-refractivity contribution in [2.45, 2.75) is 13.3 Å². The first-order valence-electron chi connectivity index (χ1n) is 9.15. The third kappa shape index (κ3) is 5.14. The Kier molecular flexibility index (Phi) is 6.19. The third-order valence-electron chi connectivity index (χ3n) is 4.80. The molecule has 1 saturated heterocycles. The van der Waals surface area contributed by atoms with Crippen LogP contribution < -0.4 is 10.2 Å². The number of carbonyl (C=O) groups is 2. The van der Waals surface area contributed by atoms with E-state index in [1.165, 1.54) is 13.0 Å². The second-order valence-corrected chi connectivity index (χ2v) is 6.71. The molecule has 0 atom stereocenters. The lowest BCUT2D eigenvalue weighted by molar-refractivity contribution is -0.116. The molecule has 1 amide bonds. The number of benzene rings is 2. The molecular formula is C21H24FN3O2. The minimum Gasteiger partial charge on any atom is -0.367 e. The summed E-state index contributed by atoms with van der Waals surface area (Å²) in [5, 5.41) is 2.85. The molecule has 0 aliphatic carbocycles. The summed E-state index contributed by atoms with van der Waals surface area (Å²) >= 11 is 0. The van der Waals surface area contributed by atoms with Gasteiger partial charge in [0.2, 0.25) is 5.91 Å². The first-order chi connectivity index (χ1) is 13.0. The molecular weight excluding hydrogens is 345 g/mol. The second kappa shape index (κ2) is 8.77. The van der Waals surface area contributed by atoms with Crippen LogP contribution in [0.3, 0.4) is 0 Å². The van der Waals surface area contributed by atoms with E-state index in [1.807, 2.05) is 11.0 Å². The monoisotopic (exact) mass is 369 g/mol. The lowest BCUT2D eigenvalue weighted by Crippen LogP contribution is -2.47. The van der Waals surface area contributed by atoms with Crippen molar-refractivity contribution < 1.29 is 14.0 Å². The number of carbonyl (C=O) groups excluding carboxylic acids is 2. The van der Waals surface area contributed by atoms with Crippen molar-refractivity contribution in [3.05, 3.63) is 59.9 Å². The average molecular weight is 369 g/mol. The van der Waals surface area contributed by atoms with Crippen molar-refractivity contribution in [1.82, 2.24) is 4.90 Å². The number of hydrogen-bond donors (Lipinski definition) is 1. The van der Waals surface area contributed by atoms with Gasteiger partial charge in [0.1, 0.15) is 5.82 Å². The largest absolute Gasteiger partial charge is 0.367 e. The zero-order valence-corrected chi connectivity index (χ0v) is 15.5. The number of para-hydroxylation sites is 1. The van der Waals surface area contributed by atoms with Gasteiger partial charge in [-0.3, -0.25) is 14.5 Å². The molecule has 5 nitrogen and oxygen atoms in total. The van der Waals surface area contributed by atoms with Crippen molar-refractivity contribution in [3.8, 4) is 0 Å². The fraction of sp³-hybridized carbons (Fsp3) is 0.333. The van der Waals surface area contributed by atoms with Crippen molar-refractivity contribution in [2.75, 3.05) is 42.9 Å². The zero-order valence-electron chi connectivity index (χ0n) is 15.5. The number of nitrogens with one attached hydrogen (secondary N) is 1. The SMILES string of the molecule is CC(=O)c1ccc(NC(=O)CCN2CCN(c3ccccc3F)CC2)cc1. The predicted octanol–water partition coefficient (Wildman–Crippen LogP) is 3.18. The van der Waals surface area contributed by atoms with Crippen molar-refractivity contribution in [1.29, 1.82) is 0 Å². The number of Topliss-reactive ketones (excluding diaryl/α,β-unsaturated/α-hetero) is 1. The Labute approximate surface area is 158 Å². The Balaban J connectivity index is 1.42. The zero-order chi connectivity index (χ0) is 19.2. The number of rotatable bonds is 6. The molecule has 3 rings (SSSR count). The molecule has 6 heteroatoms. The summed E-state index contributed by atoms with van der Waals surface area (Å²) < 4.78 is 13.9. The van der Waals surface area contributed by atoms with Crippen LogP contribution in [0.2, 0.25) is 0 Å². The molecule has 27 heavy (non-hydrogen) atoms. The fourth-order valence-corrected chi connectivity index (χ4v) is 3.19. The van der Waals surface area contributed by atoms with E-state index in [0.29, 0.717) is 29.9 Å². The predicted molar refractivity (Wildman–Crippen MR) is 105 cm³/mol. The van der Waals surface area contributed by atoms with Crippen molar-refractivity contribution >= 4 is 23.1 Å². The highest BCUT2D eigenvalue weighted by Gasteiger charge is 2.19. The van der Waals surface area contributed by atoms with Gasteiger partial charge >= 0.3 is 0 Å². The van der Waals surface area contributed by atoms with Crippen LogP contribution in [0.4, 0.5) is 15.8 Å². The van der Waals surface area contributed by atoms with Crippen LogP contribution in [0.1, 0.15) is 23.7 Å². The van der Waals surface area contributed by atoms with Crippen LogP contribution in [0.15, 0.2) is 48.5 Å². The maximum Gasteiger partial charge on any atom is 0.225 e. The number of hydrogen-bond acceptors (Lipinski definition) is 4. The van der Waals surface area contributed by atoms with Gasteiger partial charge < -0.3 is 10.2 Å². The summed E-state index contributed by atoms with van der Waals surface area (Å²) in [7, 11) is 0. The van der Waals surface area contributed by atoms with E-state index in [2.05, 4.69) is 10.2 Å². The Morgan fingerprint density at radius 2 is 1.67 bits per heavy atom. The Hall–Kier alpha value is -2.73. The van der Waals surface area contributed by atoms with Crippen LogP contribution in [-0.4, -0.2) is 49.3 Å². The van der Waals surface area contributed by atoms with Gasteiger partial charge in [-0.2, -0.15) is 0 Å². The van der Waals surface area contributed by atoms with Gasteiger partial charge in [-0.05, 0) is 43.3 Å². The Bertz CT molecular complexity index is 799. The van der Waals surface area contributed by atoms with Crippen LogP contribution in [0.5, 0.6) is 0 Å². The summed E-state index contributed by atoms with van der Waals surface area (Å²) in [6.07, 6.45) is 0.397. The average Bonchev–Trinajstić information content (AvgIpc) is 2.68. The summed E-state index contributed by atoms with van der Waals surface area (Å²) in [5.74, 6) is -0.245. The molecule has 0 bridgehead atoms. The molecule has 1 aliphatic heterocycles. The molecule has 0 aromatic heterocycles. The van der Waals surface area contributed by atoms with E-state index >= 15 is 0 Å². The van der Waals surface area contributed by atoms with Gasteiger partial charge in [-0.15, -0.1) is 0 Å². The number of halogens is 1. The number of piperazine rings is 1. The van der Waals surface area contributed by atoms with Crippen molar-refractivity contribution in [3.63, 3.8) is 0 Å². The van der Waals surface area contributed by atoms with E-state index in [4.69, 9.17) is 0 Å². The van der Waals surface area contributed by atoms with E-state index in [9.17, 15) is 14.0 Å². The molecule has 0 spiro atoms. The molecule has 0 unspecified atom stereocenters. The fourth-order valence-electron chi connectivity index (χ4n) is 3.19. The highest BCUT2D eigenvalue weighted by Crippen LogP contribution is 2.20. The van der Waals surface area contributed by atoms with Gasteiger partial charge in [0.05, 0.1) is 5.69 Å². The van der Waals surface area contributed by atoms with Gasteiger partial charge in [0.15, 0.2) is 5.78 Å². The molecule has 2 aromatic rings. The van der Waals surface area contributed by atoms with Gasteiger partial charge in [0, 0.05) is 50.4 Å². The molecule has 0 radical (unpaired) electrons. The standard InChI is InChI=1S/C21H24FN3O2/c1-16(26)17-6-8-18(9-7-17)23-21(27)10-11-24-12-14-25(15-13-24)20-5-3-2-4-19(20)22/h2-9H,10-15H2,1H3,(H,23,27). The quantitative estimate of drug-likeness (QED) is 0.795. The normalized spacial score (nSPS) is 14.8. The minimum atomic E-state index is -0.193. The summed E-state index contributed by atoms with van der Waals surface area (Å²) in [5.41, 5.74) is 1.96. The lowest BCUT2D eigenvalue weighted by atomic mass is 10.1. The maximum absolute atomic E-state index is 13.9. The molecule has 2 aromatic carbocycles. The van der Waals surface area contributed by atoms with E-state index in [0.717, 1.165) is 26.2 Å². The minimum absolute atomic E-state index is 0.00222. The van der Waals surface area contributed by atoms with E-state index < -0.39 is 0 Å². The molecule has 142 valence electrons. The smallest absolute Gasteiger partial charge is 0.225 e. The van der Waals surface area contributed by atoms with Gasteiger partial charge in [-0.1, -0.05) is 12.1 Å². The molecule has 1 fully saturated rings. The molecule has 0 saturated carbocycles. The summed E-state index contributed by atoms with van der Waals surface area (Å²) in [6.45, 7) is 5.27. The number of ketones is 1. The first kappa shape index (κ1) is 19.0. The molecule has 1 heterocycles. The Morgan fingerprint density at radius 1 is 1.00 bits per heavy atom.